The van der Waals surface area contributed by atoms with Gasteiger partial charge in [-0.2, -0.15) is 22.7 Å². The van der Waals surface area contributed by atoms with Crippen LogP contribution in [-0.2, 0) is 6.18 Å². The zero-order valence-electron chi connectivity index (χ0n) is 15.3. The van der Waals surface area contributed by atoms with E-state index in [2.05, 4.69) is 20.4 Å². The second-order valence-electron chi connectivity index (χ2n) is 6.37. The van der Waals surface area contributed by atoms with Crippen LogP contribution in [0.5, 0.6) is 0 Å². The highest BCUT2D eigenvalue weighted by atomic mass is 32.1. The largest absolute Gasteiger partial charge is 0.433 e. The van der Waals surface area contributed by atoms with Gasteiger partial charge in [-0.1, -0.05) is 24.3 Å². The van der Waals surface area contributed by atoms with Crippen LogP contribution in [0.4, 0.5) is 18.9 Å². The highest BCUT2D eigenvalue weighted by Gasteiger charge is 2.36. The highest BCUT2D eigenvalue weighted by Crippen LogP contribution is 2.33. The second kappa shape index (κ2) is 6.96. The molecular formula is C19H14F3N5OS. The van der Waals surface area contributed by atoms with E-state index < -0.39 is 23.6 Å². The Morgan fingerprint density at radius 1 is 1.10 bits per heavy atom. The first-order chi connectivity index (χ1) is 13.7. The lowest BCUT2D eigenvalue weighted by Crippen LogP contribution is -2.16. The average Bonchev–Trinajstić information content (AvgIpc) is 3.32. The molecule has 29 heavy (non-hydrogen) atoms. The van der Waals surface area contributed by atoms with Crippen LogP contribution >= 0.6 is 11.3 Å². The van der Waals surface area contributed by atoms with E-state index in [1.54, 1.807) is 17.5 Å². The number of thiophene rings is 1. The minimum Gasteiger partial charge on any atom is -0.319 e. The molecule has 0 aliphatic rings. The zero-order chi connectivity index (χ0) is 20.8. The quantitative estimate of drug-likeness (QED) is 0.523. The van der Waals surface area contributed by atoms with E-state index in [0.29, 0.717) is 15.1 Å². The number of carbonyl (C=O) groups is 1. The average molecular weight is 417 g/mol. The smallest absolute Gasteiger partial charge is 0.319 e. The van der Waals surface area contributed by atoms with E-state index in [1.165, 1.54) is 11.3 Å². The molecule has 0 fully saturated rings. The van der Waals surface area contributed by atoms with Gasteiger partial charge in [0.05, 0.1) is 10.6 Å². The molecule has 1 N–H and O–H groups in total. The number of para-hydroxylation sites is 1. The summed E-state index contributed by atoms with van der Waals surface area (Å²) in [6.45, 7) is 3.63. The maximum absolute atomic E-state index is 13.6. The Kier molecular flexibility index (Phi) is 4.58. The zero-order valence-corrected chi connectivity index (χ0v) is 16.1. The molecule has 0 spiro atoms. The summed E-state index contributed by atoms with van der Waals surface area (Å²) in [4.78, 5) is 21.3. The molecule has 148 valence electrons. The number of hydrogen-bond donors (Lipinski definition) is 1. The third-order valence-electron chi connectivity index (χ3n) is 4.30. The number of fused-ring (bicyclic) bond motifs is 1. The lowest BCUT2D eigenvalue weighted by molar-refractivity contribution is -0.142. The van der Waals surface area contributed by atoms with Crippen molar-refractivity contribution < 1.29 is 18.0 Å². The SMILES string of the molecule is Cc1cccc(C)c1NC(=O)c1nc2nc(-c3cccs3)cc(C(F)(F)F)n2n1. The second-order valence-corrected chi connectivity index (χ2v) is 7.32. The molecule has 3 aromatic heterocycles. The molecule has 0 saturated heterocycles. The van der Waals surface area contributed by atoms with Gasteiger partial charge in [0.15, 0.2) is 5.69 Å². The van der Waals surface area contributed by atoms with Crippen LogP contribution in [0.25, 0.3) is 16.3 Å². The normalized spacial score (nSPS) is 11.8. The summed E-state index contributed by atoms with van der Waals surface area (Å²) in [7, 11) is 0. The van der Waals surface area contributed by atoms with Gasteiger partial charge in [0.2, 0.25) is 5.82 Å². The number of rotatable bonds is 3. The highest BCUT2D eigenvalue weighted by molar-refractivity contribution is 7.13. The molecule has 6 nitrogen and oxygen atoms in total. The molecule has 1 amide bonds. The number of halogens is 3. The summed E-state index contributed by atoms with van der Waals surface area (Å²) in [5, 5.41) is 8.18. The first-order valence-electron chi connectivity index (χ1n) is 8.50. The van der Waals surface area contributed by atoms with Gasteiger partial charge in [-0.25, -0.2) is 4.98 Å². The van der Waals surface area contributed by atoms with Crippen molar-refractivity contribution in [2.24, 2.45) is 0 Å². The first-order valence-corrected chi connectivity index (χ1v) is 9.38. The number of hydrogen-bond acceptors (Lipinski definition) is 5. The maximum Gasteiger partial charge on any atom is 0.433 e. The van der Waals surface area contributed by atoms with Gasteiger partial charge in [0.1, 0.15) is 0 Å². The molecule has 10 heteroatoms. The van der Waals surface area contributed by atoms with Gasteiger partial charge >= 0.3 is 6.18 Å². The molecule has 0 radical (unpaired) electrons. The van der Waals surface area contributed by atoms with Crippen molar-refractivity contribution in [1.29, 1.82) is 0 Å². The number of aromatic nitrogens is 4. The van der Waals surface area contributed by atoms with Crippen LogP contribution in [0.15, 0.2) is 41.8 Å². The molecule has 4 aromatic rings. The molecule has 1 aromatic carbocycles. The fourth-order valence-corrected chi connectivity index (χ4v) is 3.58. The summed E-state index contributed by atoms with van der Waals surface area (Å²) in [5.74, 6) is -1.40. The van der Waals surface area contributed by atoms with E-state index in [1.807, 2.05) is 32.0 Å². The third kappa shape index (κ3) is 3.58. The Bertz CT molecular complexity index is 1190. The molecular weight excluding hydrogens is 403 g/mol. The summed E-state index contributed by atoms with van der Waals surface area (Å²) < 4.78 is 41.3. The fraction of sp³-hybridized carbons (Fsp3) is 0.158. The Morgan fingerprint density at radius 2 is 1.83 bits per heavy atom. The monoisotopic (exact) mass is 417 g/mol. The van der Waals surface area contributed by atoms with Gasteiger partial charge in [-0.15, -0.1) is 16.4 Å². The van der Waals surface area contributed by atoms with Crippen LogP contribution in [0, 0.1) is 13.8 Å². The van der Waals surface area contributed by atoms with E-state index in [9.17, 15) is 18.0 Å². The Labute approximate surface area is 167 Å². The summed E-state index contributed by atoms with van der Waals surface area (Å²) in [6.07, 6.45) is -4.69. The minimum absolute atomic E-state index is 0.119. The summed E-state index contributed by atoms with van der Waals surface area (Å²) in [5.41, 5.74) is 1.27. The number of benzene rings is 1. The first kappa shape index (κ1) is 19.1. The molecule has 0 aliphatic carbocycles. The van der Waals surface area contributed by atoms with Crippen molar-refractivity contribution in [3.63, 3.8) is 0 Å². The van der Waals surface area contributed by atoms with Crippen molar-refractivity contribution in [3.8, 4) is 10.6 Å². The third-order valence-corrected chi connectivity index (χ3v) is 5.19. The summed E-state index contributed by atoms with van der Waals surface area (Å²) >= 11 is 1.26. The summed E-state index contributed by atoms with van der Waals surface area (Å²) in [6, 6.07) is 9.75. The standard InChI is InChI=1S/C19H14F3N5OS/c1-10-5-3-6-11(2)15(10)24-17(28)16-25-18-23-12(13-7-4-8-29-13)9-14(19(20,21)22)27(18)26-16/h3-9H,1-2H3,(H,24,28). The van der Waals surface area contributed by atoms with Gasteiger partial charge in [-0.3, -0.25) is 4.79 Å². The Hall–Kier alpha value is -3.27. The molecule has 4 rings (SSSR count). The van der Waals surface area contributed by atoms with Crippen molar-refractivity contribution in [1.82, 2.24) is 19.6 Å². The van der Waals surface area contributed by atoms with Gasteiger partial charge < -0.3 is 5.32 Å². The molecule has 0 saturated carbocycles. The van der Waals surface area contributed by atoms with Gasteiger partial charge in [0.25, 0.3) is 11.7 Å². The van der Waals surface area contributed by atoms with Crippen LogP contribution in [0.2, 0.25) is 0 Å². The molecule has 0 atom stereocenters. The van der Waals surface area contributed by atoms with Gasteiger partial charge in [0, 0.05) is 5.69 Å². The topological polar surface area (TPSA) is 72.2 Å². The van der Waals surface area contributed by atoms with Crippen molar-refractivity contribution >= 4 is 28.7 Å². The van der Waals surface area contributed by atoms with Crippen molar-refractivity contribution in [2.75, 3.05) is 5.32 Å². The Morgan fingerprint density at radius 3 is 2.45 bits per heavy atom. The fourth-order valence-electron chi connectivity index (χ4n) is 2.90. The Balaban J connectivity index is 1.80. The lowest BCUT2D eigenvalue weighted by Gasteiger charge is -2.10. The van der Waals surface area contributed by atoms with E-state index in [-0.39, 0.29) is 11.5 Å². The molecule has 0 aliphatic heterocycles. The molecule has 3 heterocycles. The van der Waals surface area contributed by atoms with Crippen LogP contribution in [-0.4, -0.2) is 25.5 Å². The molecule has 0 bridgehead atoms. The van der Waals surface area contributed by atoms with E-state index in [0.717, 1.165) is 17.2 Å². The van der Waals surface area contributed by atoms with Gasteiger partial charge in [-0.05, 0) is 42.5 Å². The van der Waals surface area contributed by atoms with Crippen LogP contribution in [0.3, 0.4) is 0 Å². The predicted molar refractivity (Wildman–Crippen MR) is 103 cm³/mol. The van der Waals surface area contributed by atoms with Crippen molar-refractivity contribution in [2.45, 2.75) is 20.0 Å². The number of nitrogens with zero attached hydrogens (tertiary/aromatic N) is 4. The maximum atomic E-state index is 13.6. The van der Waals surface area contributed by atoms with E-state index in [4.69, 9.17) is 0 Å². The molecule has 0 unspecified atom stereocenters. The van der Waals surface area contributed by atoms with Crippen LogP contribution < -0.4 is 5.32 Å². The number of nitrogens with one attached hydrogen (secondary N) is 1. The van der Waals surface area contributed by atoms with Crippen molar-refractivity contribution in [3.05, 3.63) is 64.4 Å². The number of carbonyl (C=O) groups excluding carboxylic acids is 1. The number of amides is 1. The predicted octanol–water partition coefficient (Wildman–Crippen LogP) is 4.74. The lowest BCUT2D eigenvalue weighted by atomic mass is 10.1. The number of aryl methyl sites for hydroxylation is 2. The van der Waals surface area contributed by atoms with E-state index >= 15 is 0 Å². The van der Waals surface area contributed by atoms with Crippen LogP contribution in [0.1, 0.15) is 27.4 Å². The number of anilines is 1. The minimum atomic E-state index is -4.69. The number of alkyl halides is 3.